The third-order valence-electron chi connectivity index (χ3n) is 5.60. The van der Waals surface area contributed by atoms with Crippen molar-refractivity contribution in [2.24, 2.45) is 5.92 Å². The SMILES string of the molecule is O=C([C@H]1CC1c1cccc(Br)c1)N1CCN(C2CCC2)CC1. The van der Waals surface area contributed by atoms with Gasteiger partial charge in [0.25, 0.3) is 0 Å². The molecular formula is C18H23BrN2O. The van der Waals surface area contributed by atoms with Crippen LogP contribution in [-0.2, 0) is 4.79 Å². The Hall–Kier alpha value is -0.870. The Labute approximate surface area is 140 Å². The van der Waals surface area contributed by atoms with E-state index in [0.717, 1.165) is 43.1 Å². The largest absolute Gasteiger partial charge is 0.340 e. The Morgan fingerprint density at radius 3 is 2.55 bits per heavy atom. The van der Waals surface area contributed by atoms with Crippen LogP contribution in [0, 0.1) is 5.92 Å². The van der Waals surface area contributed by atoms with E-state index in [-0.39, 0.29) is 5.92 Å². The van der Waals surface area contributed by atoms with Gasteiger partial charge in [-0.2, -0.15) is 0 Å². The minimum absolute atomic E-state index is 0.226. The lowest BCUT2D eigenvalue weighted by atomic mass is 9.91. The Balaban J connectivity index is 1.32. The highest BCUT2D eigenvalue weighted by Crippen LogP contribution is 2.49. The van der Waals surface area contributed by atoms with E-state index in [1.807, 2.05) is 6.07 Å². The summed E-state index contributed by atoms with van der Waals surface area (Å²) in [5.74, 6) is 1.05. The van der Waals surface area contributed by atoms with Crippen LogP contribution in [0.3, 0.4) is 0 Å². The van der Waals surface area contributed by atoms with Crippen molar-refractivity contribution in [1.82, 2.24) is 9.80 Å². The number of halogens is 1. The fourth-order valence-corrected chi connectivity index (χ4v) is 4.28. The smallest absolute Gasteiger partial charge is 0.226 e. The van der Waals surface area contributed by atoms with Crippen LogP contribution in [0.4, 0.5) is 0 Å². The molecule has 1 aliphatic heterocycles. The van der Waals surface area contributed by atoms with Crippen LogP contribution in [-0.4, -0.2) is 47.9 Å². The van der Waals surface area contributed by atoms with Gasteiger partial charge in [0, 0.05) is 42.6 Å². The van der Waals surface area contributed by atoms with Crippen LogP contribution < -0.4 is 0 Å². The van der Waals surface area contributed by atoms with Gasteiger partial charge in [-0.25, -0.2) is 0 Å². The molecule has 1 aromatic carbocycles. The maximum absolute atomic E-state index is 12.7. The first-order chi connectivity index (χ1) is 10.7. The number of carbonyl (C=O) groups excluding carboxylic acids is 1. The van der Waals surface area contributed by atoms with Crippen LogP contribution in [0.25, 0.3) is 0 Å². The molecule has 0 N–H and O–H groups in total. The number of nitrogens with zero attached hydrogens (tertiary/aromatic N) is 2. The number of hydrogen-bond donors (Lipinski definition) is 0. The molecule has 4 heteroatoms. The van der Waals surface area contributed by atoms with Crippen molar-refractivity contribution in [1.29, 1.82) is 0 Å². The second-order valence-electron chi connectivity index (χ2n) is 6.95. The van der Waals surface area contributed by atoms with Gasteiger partial charge in [0.15, 0.2) is 0 Å². The van der Waals surface area contributed by atoms with E-state index in [9.17, 15) is 4.79 Å². The normalized spacial score (nSPS) is 29.2. The number of piperazine rings is 1. The summed E-state index contributed by atoms with van der Waals surface area (Å²) >= 11 is 3.52. The molecule has 1 unspecified atom stereocenters. The zero-order chi connectivity index (χ0) is 15.1. The molecule has 1 amide bonds. The fraction of sp³-hybridized carbons (Fsp3) is 0.611. The molecule has 4 rings (SSSR count). The standard InChI is InChI=1S/C18H23BrN2O/c19-14-4-1-3-13(11-14)16-12-17(16)18(22)21-9-7-20(8-10-21)15-5-2-6-15/h1,3-4,11,15-17H,2,5-10,12H2/t16?,17-/m0/s1. The third kappa shape index (κ3) is 2.83. The molecule has 3 aliphatic rings. The number of hydrogen-bond acceptors (Lipinski definition) is 2. The molecule has 0 spiro atoms. The summed E-state index contributed by atoms with van der Waals surface area (Å²) in [6, 6.07) is 9.23. The first-order valence-electron chi connectivity index (χ1n) is 8.50. The van der Waals surface area contributed by atoms with Gasteiger partial charge in [0.2, 0.25) is 5.91 Å². The summed E-state index contributed by atoms with van der Waals surface area (Å²) in [4.78, 5) is 17.4. The van der Waals surface area contributed by atoms with Crippen molar-refractivity contribution in [2.45, 2.75) is 37.6 Å². The Morgan fingerprint density at radius 1 is 1.14 bits per heavy atom. The summed E-state index contributed by atoms with van der Waals surface area (Å²) in [5, 5.41) is 0. The summed E-state index contributed by atoms with van der Waals surface area (Å²) < 4.78 is 1.11. The van der Waals surface area contributed by atoms with E-state index in [1.54, 1.807) is 0 Å². The van der Waals surface area contributed by atoms with Gasteiger partial charge in [-0.3, -0.25) is 9.69 Å². The number of carbonyl (C=O) groups is 1. The molecule has 1 saturated heterocycles. The predicted molar refractivity (Wildman–Crippen MR) is 90.8 cm³/mol. The average molecular weight is 363 g/mol. The molecule has 1 aromatic rings. The molecule has 2 aliphatic carbocycles. The summed E-state index contributed by atoms with van der Waals surface area (Å²) in [7, 11) is 0. The van der Waals surface area contributed by atoms with Crippen LogP contribution >= 0.6 is 15.9 Å². The zero-order valence-corrected chi connectivity index (χ0v) is 14.5. The molecule has 22 heavy (non-hydrogen) atoms. The Kier molecular flexibility index (Phi) is 3.99. The molecular weight excluding hydrogens is 340 g/mol. The van der Waals surface area contributed by atoms with Gasteiger partial charge in [-0.05, 0) is 42.9 Å². The van der Waals surface area contributed by atoms with Crippen LogP contribution in [0.5, 0.6) is 0 Å². The summed E-state index contributed by atoms with van der Waals surface area (Å²) in [6.45, 7) is 4.00. The summed E-state index contributed by atoms with van der Waals surface area (Å²) in [5.41, 5.74) is 1.31. The van der Waals surface area contributed by atoms with Crippen LogP contribution in [0.1, 0.15) is 37.2 Å². The molecule has 0 radical (unpaired) electrons. The van der Waals surface area contributed by atoms with E-state index in [0.29, 0.717) is 11.8 Å². The second-order valence-corrected chi connectivity index (χ2v) is 7.87. The average Bonchev–Trinajstić information content (AvgIpc) is 3.26. The lowest BCUT2D eigenvalue weighted by Gasteiger charge is -2.43. The van der Waals surface area contributed by atoms with Crippen LogP contribution in [0.15, 0.2) is 28.7 Å². The molecule has 3 nitrogen and oxygen atoms in total. The van der Waals surface area contributed by atoms with Gasteiger partial charge < -0.3 is 4.90 Å². The lowest BCUT2D eigenvalue weighted by molar-refractivity contribution is -0.135. The molecule has 2 atom stereocenters. The zero-order valence-electron chi connectivity index (χ0n) is 12.9. The highest BCUT2D eigenvalue weighted by Gasteiger charge is 2.46. The fourth-order valence-electron chi connectivity index (χ4n) is 3.87. The molecule has 2 saturated carbocycles. The number of benzene rings is 1. The van der Waals surface area contributed by atoms with Crippen molar-refractivity contribution in [3.63, 3.8) is 0 Å². The topological polar surface area (TPSA) is 23.6 Å². The highest BCUT2D eigenvalue weighted by molar-refractivity contribution is 9.10. The van der Waals surface area contributed by atoms with Crippen molar-refractivity contribution < 1.29 is 4.79 Å². The van der Waals surface area contributed by atoms with Gasteiger partial charge in [0.05, 0.1) is 0 Å². The molecule has 0 aromatic heterocycles. The summed E-state index contributed by atoms with van der Waals surface area (Å²) in [6.07, 6.45) is 5.14. The maximum Gasteiger partial charge on any atom is 0.226 e. The van der Waals surface area contributed by atoms with E-state index in [1.165, 1.54) is 24.8 Å². The minimum Gasteiger partial charge on any atom is -0.340 e. The highest BCUT2D eigenvalue weighted by atomic mass is 79.9. The predicted octanol–water partition coefficient (Wildman–Crippen LogP) is 3.25. The number of rotatable bonds is 3. The van der Waals surface area contributed by atoms with Crippen molar-refractivity contribution in [3.8, 4) is 0 Å². The van der Waals surface area contributed by atoms with E-state index < -0.39 is 0 Å². The lowest BCUT2D eigenvalue weighted by Crippen LogP contribution is -2.53. The molecule has 1 heterocycles. The first kappa shape index (κ1) is 14.7. The van der Waals surface area contributed by atoms with Crippen molar-refractivity contribution in [2.75, 3.05) is 26.2 Å². The maximum atomic E-state index is 12.7. The molecule has 3 fully saturated rings. The van der Waals surface area contributed by atoms with Crippen LogP contribution in [0.2, 0.25) is 0 Å². The third-order valence-corrected chi connectivity index (χ3v) is 6.09. The Morgan fingerprint density at radius 2 is 1.91 bits per heavy atom. The van der Waals surface area contributed by atoms with E-state index in [2.05, 4.69) is 43.9 Å². The van der Waals surface area contributed by atoms with Gasteiger partial charge in [0.1, 0.15) is 0 Å². The first-order valence-corrected chi connectivity index (χ1v) is 9.30. The minimum atomic E-state index is 0.226. The van der Waals surface area contributed by atoms with Crippen molar-refractivity contribution >= 4 is 21.8 Å². The van der Waals surface area contributed by atoms with E-state index in [4.69, 9.17) is 0 Å². The Bertz CT molecular complexity index is 564. The van der Waals surface area contributed by atoms with E-state index >= 15 is 0 Å². The number of amides is 1. The van der Waals surface area contributed by atoms with Crippen molar-refractivity contribution in [3.05, 3.63) is 34.3 Å². The quantitative estimate of drug-likeness (QED) is 0.823. The van der Waals surface area contributed by atoms with Gasteiger partial charge >= 0.3 is 0 Å². The monoisotopic (exact) mass is 362 g/mol. The van der Waals surface area contributed by atoms with Gasteiger partial charge in [-0.15, -0.1) is 0 Å². The second kappa shape index (κ2) is 5.97. The molecule has 0 bridgehead atoms. The van der Waals surface area contributed by atoms with Gasteiger partial charge in [-0.1, -0.05) is 34.5 Å². The molecule has 118 valence electrons.